The number of amides is 1. The smallest absolute Gasteiger partial charge is 0.291 e. The Bertz CT molecular complexity index is 1250. The summed E-state index contributed by atoms with van der Waals surface area (Å²) in [6.07, 6.45) is 1.07. The minimum Gasteiger partial charge on any atom is -0.455 e. The minimum atomic E-state index is -3.45. The fraction of sp³-hybridized carbons (Fsp3) is 0.100. The molecule has 0 fully saturated rings. The Kier molecular flexibility index (Phi) is 4.27. The number of aryl methyl sites for hydroxylation is 1. The molecular formula is C20H17N3O4S. The summed E-state index contributed by atoms with van der Waals surface area (Å²) in [6, 6.07) is 16.2. The molecule has 0 atom stereocenters. The first kappa shape index (κ1) is 18.0. The van der Waals surface area contributed by atoms with Crippen molar-refractivity contribution in [1.29, 1.82) is 0 Å². The second-order valence-electron chi connectivity index (χ2n) is 6.44. The summed E-state index contributed by atoms with van der Waals surface area (Å²) in [6.45, 7) is 1.51. The van der Waals surface area contributed by atoms with Gasteiger partial charge in [-0.05, 0) is 43.3 Å². The van der Waals surface area contributed by atoms with Crippen molar-refractivity contribution in [3.05, 3.63) is 66.1 Å². The molecule has 142 valence electrons. The van der Waals surface area contributed by atoms with E-state index in [9.17, 15) is 13.2 Å². The van der Waals surface area contributed by atoms with E-state index in [2.05, 4.69) is 15.3 Å². The SMILES string of the molecule is Cc1oc(C(=O)Nc2ccc(-c3nc4ccccc4[nH]3)cc2)cc1S(C)(=O)=O. The van der Waals surface area contributed by atoms with E-state index in [1.54, 1.807) is 12.1 Å². The van der Waals surface area contributed by atoms with Crippen LogP contribution in [0.1, 0.15) is 16.3 Å². The quantitative estimate of drug-likeness (QED) is 0.547. The molecule has 1 amide bonds. The van der Waals surface area contributed by atoms with Crippen molar-refractivity contribution in [3.8, 4) is 11.4 Å². The van der Waals surface area contributed by atoms with Crippen LogP contribution in [0.2, 0.25) is 0 Å². The Morgan fingerprint density at radius 3 is 2.46 bits per heavy atom. The number of hydrogen-bond acceptors (Lipinski definition) is 5. The molecule has 0 unspecified atom stereocenters. The van der Waals surface area contributed by atoms with E-state index in [1.165, 1.54) is 13.0 Å². The van der Waals surface area contributed by atoms with E-state index in [4.69, 9.17) is 4.42 Å². The van der Waals surface area contributed by atoms with Crippen molar-refractivity contribution in [3.63, 3.8) is 0 Å². The topological polar surface area (TPSA) is 105 Å². The number of sulfone groups is 1. The van der Waals surface area contributed by atoms with Crippen LogP contribution < -0.4 is 5.32 Å². The van der Waals surface area contributed by atoms with Gasteiger partial charge in [-0.15, -0.1) is 0 Å². The molecule has 7 nitrogen and oxygen atoms in total. The van der Waals surface area contributed by atoms with Gasteiger partial charge < -0.3 is 14.7 Å². The van der Waals surface area contributed by atoms with Crippen molar-refractivity contribution in [2.45, 2.75) is 11.8 Å². The standard InChI is InChI=1S/C20H17N3O4S/c1-12-18(28(2,25)26)11-17(27-12)20(24)21-14-9-7-13(8-10-14)19-22-15-5-3-4-6-16(15)23-19/h3-11H,1-2H3,(H,21,24)(H,22,23). The second kappa shape index (κ2) is 6.65. The first-order chi connectivity index (χ1) is 13.3. The number of nitrogens with zero attached hydrogens (tertiary/aromatic N) is 1. The zero-order valence-corrected chi connectivity index (χ0v) is 16.0. The molecule has 8 heteroatoms. The van der Waals surface area contributed by atoms with Crippen LogP contribution in [0.25, 0.3) is 22.4 Å². The van der Waals surface area contributed by atoms with Gasteiger partial charge in [-0.3, -0.25) is 4.79 Å². The lowest BCUT2D eigenvalue weighted by Gasteiger charge is -2.04. The lowest BCUT2D eigenvalue weighted by Crippen LogP contribution is -2.10. The van der Waals surface area contributed by atoms with Crippen LogP contribution in [-0.4, -0.2) is 30.5 Å². The highest BCUT2D eigenvalue weighted by molar-refractivity contribution is 7.90. The van der Waals surface area contributed by atoms with Crippen LogP contribution in [0.4, 0.5) is 5.69 Å². The monoisotopic (exact) mass is 395 g/mol. The van der Waals surface area contributed by atoms with Crippen LogP contribution >= 0.6 is 0 Å². The Balaban J connectivity index is 1.54. The Morgan fingerprint density at radius 1 is 1.11 bits per heavy atom. The molecule has 0 bridgehead atoms. The lowest BCUT2D eigenvalue weighted by molar-refractivity contribution is 0.0995. The van der Waals surface area contributed by atoms with Crippen molar-refractivity contribution in [1.82, 2.24) is 9.97 Å². The van der Waals surface area contributed by atoms with Crippen molar-refractivity contribution in [2.75, 3.05) is 11.6 Å². The number of benzene rings is 2. The number of aromatic amines is 1. The summed E-state index contributed by atoms with van der Waals surface area (Å²) >= 11 is 0. The minimum absolute atomic E-state index is 0.0119. The van der Waals surface area contributed by atoms with Gasteiger partial charge in [0.2, 0.25) is 0 Å². The predicted octanol–water partition coefficient (Wildman–Crippen LogP) is 3.79. The summed E-state index contributed by atoms with van der Waals surface area (Å²) in [4.78, 5) is 20.2. The summed E-state index contributed by atoms with van der Waals surface area (Å²) in [7, 11) is -3.45. The lowest BCUT2D eigenvalue weighted by atomic mass is 10.2. The van der Waals surface area contributed by atoms with Gasteiger partial charge in [-0.1, -0.05) is 12.1 Å². The van der Waals surface area contributed by atoms with Crippen molar-refractivity contribution >= 4 is 32.5 Å². The third kappa shape index (κ3) is 3.41. The summed E-state index contributed by atoms with van der Waals surface area (Å²) in [5.41, 5.74) is 3.26. The summed E-state index contributed by atoms with van der Waals surface area (Å²) in [5, 5.41) is 2.70. The molecule has 4 aromatic rings. The highest BCUT2D eigenvalue weighted by atomic mass is 32.2. The maximum atomic E-state index is 12.4. The number of anilines is 1. The number of carbonyl (C=O) groups is 1. The normalized spacial score (nSPS) is 11.6. The average molecular weight is 395 g/mol. The van der Waals surface area contributed by atoms with Gasteiger partial charge in [0.15, 0.2) is 15.6 Å². The van der Waals surface area contributed by atoms with Crippen LogP contribution in [0.3, 0.4) is 0 Å². The van der Waals surface area contributed by atoms with Gasteiger partial charge in [0.1, 0.15) is 16.5 Å². The molecule has 0 radical (unpaired) electrons. The maximum Gasteiger partial charge on any atom is 0.291 e. The van der Waals surface area contributed by atoms with E-state index in [1.807, 2.05) is 36.4 Å². The number of imidazole rings is 1. The zero-order chi connectivity index (χ0) is 19.9. The molecule has 0 aliphatic carbocycles. The number of hydrogen-bond donors (Lipinski definition) is 2. The molecule has 2 heterocycles. The van der Waals surface area contributed by atoms with Gasteiger partial charge in [0, 0.05) is 23.6 Å². The van der Waals surface area contributed by atoms with Gasteiger partial charge >= 0.3 is 0 Å². The van der Waals surface area contributed by atoms with Gasteiger partial charge in [0.25, 0.3) is 5.91 Å². The highest BCUT2D eigenvalue weighted by Gasteiger charge is 2.20. The molecule has 2 aromatic carbocycles. The Labute approximate surface area is 161 Å². The number of para-hydroxylation sites is 2. The number of carbonyl (C=O) groups excluding carboxylic acids is 1. The van der Waals surface area contributed by atoms with Crippen LogP contribution in [-0.2, 0) is 9.84 Å². The van der Waals surface area contributed by atoms with Gasteiger partial charge in [-0.2, -0.15) is 0 Å². The van der Waals surface area contributed by atoms with Gasteiger partial charge in [0.05, 0.1) is 11.0 Å². The molecule has 0 saturated carbocycles. The second-order valence-corrected chi connectivity index (χ2v) is 8.42. The van der Waals surface area contributed by atoms with Crippen LogP contribution in [0.15, 0.2) is 63.9 Å². The maximum absolute atomic E-state index is 12.4. The van der Waals surface area contributed by atoms with E-state index in [0.717, 1.165) is 28.7 Å². The zero-order valence-electron chi connectivity index (χ0n) is 15.2. The highest BCUT2D eigenvalue weighted by Crippen LogP contribution is 2.23. The Morgan fingerprint density at radius 2 is 1.82 bits per heavy atom. The molecule has 4 rings (SSSR count). The molecule has 2 aromatic heterocycles. The molecular weight excluding hydrogens is 378 g/mol. The number of nitrogens with one attached hydrogen (secondary N) is 2. The van der Waals surface area contributed by atoms with E-state index >= 15 is 0 Å². The number of H-pyrrole nitrogens is 1. The molecule has 28 heavy (non-hydrogen) atoms. The molecule has 2 N–H and O–H groups in total. The molecule has 0 saturated heterocycles. The fourth-order valence-corrected chi connectivity index (χ4v) is 3.82. The van der Waals surface area contributed by atoms with E-state index < -0.39 is 15.7 Å². The number of fused-ring (bicyclic) bond motifs is 1. The third-order valence-electron chi connectivity index (χ3n) is 4.30. The van der Waals surface area contributed by atoms with Crippen molar-refractivity contribution < 1.29 is 17.6 Å². The molecule has 0 spiro atoms. The number of rotatable bonds is 4. The molecule has 0 aliphatic heterocycles. The predicted molar refractivity (Wildman–Crippen MR) is 106 cm³/mol. The first-order valence-electron chi connectivity index (χ1n) is 8.48. The van der Waals surface area contributed by atoms with Gasteiger partial charge in [-0.25, -0.2) is 13.4 Å². The average Bonchev–Trinajstić information content (AvgIpc) is 3.25. The van der Waals surface area contributed by atoms with Crippen molar-refractivity contribution in [2.24, 2.45) is 0 Å². The first-order valence-corrected chi connectivity index (χ1v) is 10.4. The third-order valence-corrected chi connectivity index (χ3v) is 5.51. The fourth-order valence-electron chi connectivity index (χ4n) is 2.94. The summed E-state index contributed by atoms with van der Waals surface area (Å²) < 4.78 is 28.7. The summed E-state index contributed by atoms with van der Waals surface area (Å²) in [5.74, 6) is 0.347. The van der Waals surface area contributed by atoms with Crippen LogP contribution in [0.5, 0.6) is 0 Å². The Hall–Kier alpha value is -3.39. The van der Waals surface area contributed by atoms with E-state index in [0.29, 0.717) is 5.69 Å². The van der Waals surface area contributed by atoms with E-state index in [-0.39, 0.29) is 16.4 Å². The number of aromatic nitrogens is 2. The largest absolute Gasteiger partial charge is 0.455 e. The number of furan rings is 1. The van der Waals surface area contributed by atoms with Crippen LogP contribution in [0, 0.1) is 6.92 Å². The molecule has 0 aliphatic rings.